The molecular weight excluding hydrogens is 268 g/mol. The number of halogens is 1. The number of alkyl halides is 1. The number of likely N-dealkylation sites (tertiary alicyclic amines) is 1. The smallest absolute Gasteiger partial charge is 0.236 e. The van der Waals surface area contributed by atoms with Gasteiger partial charge in [-0.1, -0.05) is 22.0 Å². The first kappa shape index (κ1) is 11.6. The Bertz CT molecular complexity index is 369. The number of carbonyl (C=O) groups is 1. The Morgan fingerprint density at radius 1 is 1.56 bits per heavy atom. The highest BCUT2D eigenvalue weighted by atomic mass is 79.9. The summed E-state index contributed by atoms with van der Waals surface area (Å²) in [4.78, 5) is 18.2. The predicted octanol–water partition coefficient (Wildman–Crippen LogP) is 2.53. The van der Waals surface area contributed by atoms with Crippen molar-refractivity contribution in [2.24, 2.45) is 0 Å². The summed E-state index contributed by atoms with van der Waals surface area (Å²) in [7, 11) is 0. The van der Waals surface area contributed by atoms with Crippen molar-refractivity contribution in [3.05, 3.63) is 30.1 Å². The van der Waals surface area contributed by atoms with Gasteiger partial charge in [0.2, 0.25) is 5.91 Å². The molecule has 0 aromatic carbocycles. The van der Waals surface area contributed by atoms with Crippen LogP contribution in [0.1, 0.15) is 31.5 Å². The molecule has 2 heterocycles. The fourth-order valence-corrected chi connectivity index (χ4v) is 2.61. The molecule has 0 radical (unpaired) electrons. The molecule has 3 nitrogen and oxygen atoms in total. The molecule has 16 heavy (non-hydrogen) atoms. The molecule has 1 aromatic rings. The van der Waals surface area contributed by atoms with Crippen LogP contribution in [0.2, 0.25) is 0 Å². The predicted molar refractivity (Wildman–Crippen MR) is 66.3 cm³/mol. The molecule has 4 heteroatoms. The van der Waals surface area contributed by atoms with Crippen molar-refractivity contribution in [3.8, 4) is 0 Å². The second-order valence-corrected chi connectivity index (χ2v) is 5.18. The van der Waals surface area contributed by atoms with Gasteiger partial charge in [0, 0.05) is 12.7 Å². The zero-order valence-corrected chi connectivity index (χ0v) is 10.9. The van der Waals surface area contributed by atoms with Crippen molar-refractivity contribution in [2.75, 3.05) is 6.54 Å². The summed E-state index contributed by atoms with van der Waals surface area (Å²) in [6.07, 6.45) is 3.76. The molecule has 0 N–H and O–H groups in total. The van der Waals surface area contributed by atoms with Crippen LogP contribution in [-0.4, -0.2) is 27.2 Å². The fourth-order valence-electron chi connectivity index (χ4n) is 2.02. The first-order chi connectivity index (χ1) is 7.70. The number of hydrogen-bond donors (Lipinski definition) is 0. The highest BCUT2D eigenvalue weighted by Crippen LogP contribution is 2.26. The Hall–Kier alpha value is -0.900. The van der Waals surface area contributed by atoms with Crippen molar-refractivity contribution in [1.82, 2.24) is 9.88 Å². The van der Waals surface area contributed by atoms with Gasteiger partial charge in [-0.15, -0.1) is 0 Å². The van der Waals surface area contributed by atoms with E-state index in [-0.39, 0.29) is 16.8 Å². The van der Waals surface area contributed by atoms with E-state index in [2.05, 4.69) is 20.9 Å². The Kier molecular flexibility index (Phi) is 3.59. The second kappa shape index (κ2) is 4.95. The first-order valence-electron chi connectivity index (χ1n) is 5.55. The first-order valence-corrected chi connectivity index (χ1v) is 6.47. The van der Waals surface area contributed by atoms with E-state index in [1.165, 1.54) is 0 Å². The standard InChI is InChI=1S/C12H15BrN2O/c1-9(11-6-2-3-7-14-11)15-8-4-5-10(13)12(15)16/h2-3,6-7,9-10H,4-5,8H2,1H3. The lowest BCUT2D eigenvalue weighted by Crippen LogP contribution is -2.43. The molecule has 0 bridgehead atoms. The largest absolute Gasteiger partial charge is 0.333 e. The van der Waals surface area contributed by atoms with Gasteiger partial charge < -0.3 is 4.90 Å². The Balaban J connectivity index is 2.15. The van der Waals surface area contributed by atoms with E-state index in [1.807, 2.05) is 30.0 Å². The van der Waals surface area contributed by atoms with Crippen LogP contribution in [0.4, 0.5) is 0 Å². The Morgan fingerprint density at radius 2 is 2.38 bits per heavy atom. The molecule has 2 atom stereocenters. The Labute approximate surface area is 104 Å². The minimum absolute atomic E-state index is 0.0209. The molecule has 2 unspecified atom stereocenters. The van der Waals surface area contributed by atoms with Gasteiger partial charge in [-0.25, -0.2) is 0 Å². The third-order valence-corrected chi connectivity index (χ3v) is 3.84. The van der Waals surface area contributed by atoms with Gasteiger partial charge in [0.15, 0.2) is 0 Å². The summed E-state index contributed by atoms with van der Waals surface area (Å²) in [6, 6.07) is 5.88. The topological polar surface area (TPSA) is 33.2 Å². The molecule has 1 fully saturated rings. The normalized spacial score (nSPS) is 23.2. The molecule has 2 rings (SSSR count). The molecule has 0 spiro atoms. The monoisotopic (exact) mass is 282 g/mol. The quantitative estimate of drug-likeness (QED) is 0.781. The average molecular weight is 283 g/mol. The van der Waals surface area contributed by atoms with Gasteiger partial charge in [-0.2, -0.15) is 0 Å². The number of carbonyl (C=O) groups excluding carboxylic acids is 1. The van der Waals surface area contributed by atoms with Gasteiger partial charge in [-0.3, -0.25) is 9.78 Å². The number of pyridine rings is 1. The van der Waals surface area contributed by atoms with Crippen LogP contribution in [0.5, 0.6) is 0 Å². The lowest BCUT2D eigenvalue weighted by molar-refractivity contribution is -0.134. The van der Waals surface area contributed by atoms with E-state index in [1.54, 1.807) is 6.20 Å². The maximum Gasteiger partial charge on any atom is 0.236 e. The molecule has 0 saturated carbocycles. The summed E-state index contributed by atoms with van der Waals surface area (Å²) < 4.78 is 0. The van der Waals surface area contributed by atoms with Crippen LogP contribution in [-0.2, 0) is 4.79 Å². The number of hydrogen-bond acceptors (Lipinski definition) is 2. The molecule has 86 valence electrons. The minimum atomic E-state index is -0.0209. The maximum atomic E-state index is 12.0. The van der Waals surface area contributed by atoms with Gasteiger partial charge in [0.05, 0.1) is 16.6 Å². The highest BCUT2D eigenvalue weighted by molar-refractivity contribution is 9.10. The summed E-state index contributed by atoms with van der Waals surface area (Å²) in [6.45, 7) is 2.87. The van der Waals surface area contributed by atoms with Gasteiger partial charge in [0.1, 0.15) is 0 Å². The van der Waals surface area contributed by atoms with Crippen molar-refractivity contribution < 1.29 is 4.79 Å². The number of aromatic nitrogens is 1. The third-order valence-electron chi connectivity index (χ3n) is 2.99. The van der Waals surface area contributed by atoms with Crippen LogP contribution < -0.4 is 0 Å². The van der Waals surface area contributed by atoms with Gasteiger partial charge in [0.25, 0.3) is 0 Å². The van der Waals surface area contributed by atoms with E-state index >= 15 is 0 Å². The highest BCUT2D eigenvalue weighted by Gasteiger charge is 2.30. The van der Waals surface area contributed by atoms with E-state index in [9.17, 15) is 4.79 Å². The van der Waals surface area contributed by atoms with Crippen LogP contribution >= 0.6 is 15.9 Å². The summed E-state index contributed by atoms with van der Waals surface area (Å²) in [5, 5.41) is 0. The molecular formula is C12H15BrN2O. The number of amides is 1. The molecule has 0 aliphatic carbocycles. The SMILES string of the molecule is CC(c1ccccn1)N1CCCC(Br)C1=O. The lowest BCUT2D eigenvalue weighted by Gasteiger charge is -2.34. The van der Waals surface area contributed by atoms with E-state index < -0.39 is 0 Å². The van der Waals surface area contributed by atoms with Crippen LogP contribution in [0.15, 0.2) is 24.4 Å². The molecule has 1 aliphatic rings. The maximum absolute atomic E-state index is 12.0. The zero-order valence-electron chi connectivity index (χ0n) is 9.27. The van der Waals surface area contributed by atoms with E-state index in [4.69, 9.17) is 0 Å². The zero-order chi connectivity index (χ0) is 11.5. The van der Waals surface area contributed by atoms with Crippen LogP contribution in [0.3, 0.4) is 0 Å². The van der Waals surface area contributed by atoms with Crippen LogP contribution in [0.25, 0.3) is 0 Å². The van der Waals surface area contributed by atoms with Crippen molar-refractivity contribution in [2.45, 2.75) is 30.6 Å². The third kappa shape index (κ3) is 2.26. The number of piperidine rings is 1. The lowest BCUT2D eigenvalue weighted by atomic mass is 10.1. The molecule has 1 aromatic heterocycles. The molecule has 1 aliphatic heterocycles. The van der Waals surface area contributed by atoms with Crippen LogP contribution in [0, 0.1) is 0 Å². The summed E-state index contributed by atoms with van der Waals surface area (Å²) in [5.74, 6) is 0.185. The number of nitrogens with zero attached hydrogens (tertiary/aromatic N) is 2. The van der Waals surface area contributed by atoms with Gasteiger partial charge in [-0.05, 0) is 31.9 Å². The number of rotatable bonds is 2. The molecule has 1 saturated heterocycles. The summed E-state index contributed by atoms with van der Waals surface area (Å²) in [5.41, 5.74) is 0.956. The van der Waals surface area contributed by atoms with Crippen molar-refractivity contribution >= 4 is 21.8 Å². The fraction of sp³-hybridized carbons (Fsp3) is 0.500. The average Bonchev–Trinajstić information content (AvgIpc) is 2.33. The minimum Gasteiger partial charge on any atom is -0.333 e. The molecule has 1 amide bonds. The van der Waals surface area contributed by atoms with Crippen molar-refractivity contribution in [1.29, 1.82) is 0 Å². The Morgan fingerprint density at radius 3 is 3.06 bits per heavy atom. The van der Waals surface area contributed by atoms with E-state index in [0.29, 0.717) is 0 Å². The van der Waals surface area contributed by atoms with Gasteiger partial charge >= 0.3 is 0 Å². The summed E-state index contributed by atoms with van der Waals surface area (Å²) >= 11 is 3.42. The second-order valence-electron chi connectivity index (χ2n) is 4.07. The van der Waals surface area contributed by atoms with Crippen molar-refractivity contribution in [3.63, 3.8) is 0 Å². The van der Waals surface area contributed by atoms with E-state index in [0.717, 1.165) is 25.1 Å².